The van der Waals surface area contributed by atoms with Gasteiger partial charge < -0.3 is 18.9 Å². The molecule has 26 heavy (non-hydrogen) atoms. The summed E-state index contributed by atoms with van der Waals surface area (Å²) in [6.45, 7) is 9.63. The Balaban J connectivity index is 4.21. The van der Waals surface area contributed by atoms with E-state index in [1.54, 1.807) is 14.2 Å². The number of unbranched alkanes of at least 4 members (excludes halogenated alkanes) is 10. The molecule has 0 aliphatic carbocycles. The van der Waals surface area contributed by atoms with Gasteiger partial charge in [-0.3, -0.25) is 0 Å². The second kappa shape index (κ2) is 15.9. The van der Waals surface area contributed by atoms with Gasteiger partial charge in [-0.1, -0.05) is 78.1 Å². The Labute approximate surface area is 163 Å². The van der Waals surface area contributed by atoms with Crippen LogP contribution in [0.3, 0.4) is 0 Å². The van der Waals surface area contributed by atoms with E-state index in [9.17, 15) is 0 Å². The van der Waals surface area contributed by atoms with Gasteiger partial charge >= 0.3 is 0 Å². The molecule has 0 saturated heterocycles. The molecule has 0 spiro atoms. The van der Waals surface area contributed by atoms with Gasteiger partial charge in [-0.15, -0.1) is 0 Å². The fourth-order valence-electron chi connectivity index (χ4n) is 3.05. The van der Waals surface area contributed by atoms with Gasteiger partial charge in [-0.2, -0.15) is 0 Å². The maximum absolute atomic E-state index is 6.08. The third-order valence-corrected chi connectivity index (χ3v) is 5.35. The number of hydrogen-bond acceptors (Lipinski definition) is 4. The Morgan fingerprint density at radius 1 is 0.500 bits per heavy atom. The standard InChI is InChI=1S/C22H46O4/c1-7-9-11-13-15-17-19-25-21(3,23-5)22(4,24-6)26-20-18-16-14-12-10-8-2/h7-20H2,1-6H3. The van der Waals surface area contributed by atoms with Crippen LogP contribution in [0.2, 0.25) is 0 Å². The molecule has 158 valence electrons. The van der Waals surface area contributed by atoms with Crippen molar-refractivity contribution in [3.8, 4) is 0 Å². The topological polar surface area (TPSA) is 36.9 Å². The van der Waals surface area contributed by atoms with Gasteiger partial charge in [0.05, 0.1) is 13.2 Å². The number of rotatable bonds is 19. The molecule has 0 saturated carbocycles. The molecule has 2 unspecified atom stereocenters. The fourth-order valence-corrected chi connectivity index (χ4v) is 3.05. The Morgan fingerprint density at radius 2 is 0.808 bits per heavy atom. The molecule has 0 heterocycles. The fraction of sp³-hybridized carbons (Fsp3) is 1.00. The molecule has 4 heteroatoms. The normalized spacial score (nSPS) is 16.4. The van der Waals surface area contributed by atoms with Crippen molar-refractivity contribution in [2.45, 2.75) is 116 Å². The van der Waals surface area contributed by atoms with E-state index >= 15 is 0 Å². The highest BCUT2D eigenvalue weighted by Crippen LogP contribution is 2.32. The molecule has 0 radical (unpaired) electrons. The molecule has 0 aromatic carbocycles. The molecule has 2 atom stereocenters. The SMILES string of the molecule is CCCCCCCCOC(C)(OC)C(C)(OC)OCCCCCCCC. The maximum Gasteiger partial charge on any atom is 0.220 e. The van der Waals surface area contributed by atoms with E-state index in [0.29, 0.717) is 13.2 Å². The van der Waals surface area contributed by atoms with Crippen LogP contribution in [-0.2, 0) is 18.9 Å². The van der Waals surface area contributed by atoms with Crippen LogP contribution in [0.15, 0.2) is 0 Å². The lowest BCUT2D eigenvalue weighted by atomic mass is 10.1. The monoisotopic (exact) mass is 374 g/mol. The highest BCUT2D eigenvalue weighted by Gasteiger charge is 2.48. The van der Waals surface area contributed by atoms with Crippen molar-refractivity contribution >= 4 is 0 Å². The molecule has 0 aromatic heterocycles. The van der Waals surface area contributed by atoms with Gasteiger partial charge in [-0.05, 0) is 26.7 Å². The average Bonchev–Trinajstić information content (AvgIpc) is 2.66. The Hall–Kier alpha value is -0.160. The third kappa shape index (κ3) is 10.2. The maximum atomic E-state index is 6.08. The van der Waals surface area contributed by atoms with Crippen molar-refractivity contribution < 1.29 is 18.9 Å². The van der Waals surface area contributed by atoms with E-state index in [0.717, 1.165) is 12.8 Å². The second-order valence-corrected chi connectivity index (χ2v) is 7.53. The lowest BCUT2D eigenvalue weighted by Crippen LogP contribution is -2.56. The molecule has 0 N–H and O–H groups in total. The van der Waals surface area contributed by atoms with Gasteiger partial charge in [-0.25, -0.2) is 0 Å². The molecule has 0 aliphatic heterocycles. The first-order valence-electron chi connectivity index (χ1n) is 10.9. The Morgan fingerprint density at radius 3 is 1.12 bits per heavy atom. The molecule has 0 aromatic rings. The van der Waals surface area contributed by atoms with Gasteiger partial charge in [0, 0.05) is 14.2 Å². The van der Waals surface area contributed by atoms with Crippen LogP contribution in [-0.4, -0.2) is 39.0 Å². The largest absolute Gasteiger partial charge is 0.349 e. The Kier molecular flexibility index (Phi) is 15.8. The first-order valence-corrected chi connectivity index (χ1v) is 10.9. The van der Waals surface area contributed by atoms with Crippen LogP contribution >= 0.6 is 0 Å². The van der Waals surface area contributed by atoms with Crippen molar-refractivity contribution in [3.05, 3.63) is 0 Å². The van der Waals surface area contributed by atoms with Crippen LogP contribution in [0.5, 0.6) is 0 Å². The summed E-state index contributed by atoms with van der Waals surface area (Å²) in [4.78, 5) is 0. The van der Waals surface area contributed by atoms with Crippen LogP contribution in [0.1, 0.15) is 105 Å². The summed E-state index contributed by atoms with van der Waals surface area (Å²) in [5.74, 6) is -1.82. The predicted octanol–water partition coefficient (Wildman–Crippen LogP) is 6.47. The minimum Gasteiger partial charge on any atom is -0.349 e. The zero-order valence-corrected chi connectivity index (χ0v) is 18.5. The highest BCUT2D eigenvalue weighted by molar-refractivity contribution is 4.81. The summed E-state index contributed by atoms with van der Waals surface area (Å²) >= 11 is 0. The summed E-state index contributed by atoms with van der Waals surface area (Å²) in [6, 6.07) is 0. The van der Waals surface area contributed by atoms with Gasteiger partial charge in [0.2, 0.25) is 11.6 Å². The third-order valence-electron chi connectivity index (χ3n) is 5.35. The van der Waals surface area contributed by atoms with Crippen LogP contribution < -0.4 is 0 Å². The van der Waals surface area contributed by atoms with E-state index in [1.807, 2.05) is 13.8 Å². The van der Waals surface area contributed by atoms with Crippen molar-refractivity contribution in [1.29, 1.82) is 0 Å². The second-order valence-electron chi connectivity index (χ2n) is 7.53. The molecule has 0 aliphatic rings. The average molecular weight is 375 g/mol. The van der Waals surface area contributed by atoms with E-state index in [4.69, 9.17) is 18.9 Å². The van der Waals surface area contributed by atoms with E-state index in [1.165, 1.54) is 64.2 Å². The van der Waals surface area contributed by atoms with Gasteiger partial charge in [0.15, 0.2) is 0 Å². The molecule has 0 rings (SSSR count). The summed E-state index contributed by atoms with van der Waals surface area (Å²) < 4.78 is 23.5. The summed E-state index contributed by atoms with van der Waals surface area (Å²) in [6.07, 6.45) is 14.9. The highest BCUT2D eigenvalue weighted by atomic mass is 16.8. The molecular weight excluding hydrogens is 328 g/mol. The van der Waals surface area contributed by atoms with Gasteiger partial charge in [0.25, 0.3) is 0 Å². The van der Waals surface area contributed by atoms with Crippen LogP contribution in [0.4, 0.5) is 0 Å². The van der Waals surface area contributed by atoms with Crippen LogP contribution in [0, 0.1) is 0 Å². The lowest BCUT2D eigenvalue weighted by Gasteiger charge is -2.43. The molecular formula is C22H46O4. The quantitative estimate of drug-likeness (QED) is 0.192. The molecule has 0 bridgehead atoms. The number of hydrogen-bond donors (Lipinski definition) is 0. The smallest absolute Gasteiger partial charge is 0.220 e. The van der Waals surface area contributed by atoms with Crippen molar-refractivity contribution in [1.82, 2.24) is 0 Å². The first kappa shape index (κ1) is 25.8. The summed E-state index contributed by atoms with van der Waals surface area (Å²) in [5.41, 5.74) is 0. The first-order chi connectivity index (χ1) is 12.5. The van der Waals surface area contributed by atoms with Crippen molar-refractivity contribution in [2.75, 3.05) is 27.4 Å². The number of ether oxygens (including phenoxy) is 4. The Bertz CT molecular complexity index is 281. The minimum atomic E-state index is -0.909. The molecule has 0 amide bonds. The van der Waals surface area contributed by atoms with Gasteiger partial charge in [0.1, 0.15) is 0 Å². The van der Waals surface area contributed by atoms with Crippen molar-refractivity contribution in [2.24, 2.45) is 0 Å². The summed E-state index contributed by atoms with van der Waals surface area (Å²) in [7, 11) is 3.32. The van der Waals surface area contributed by atoms with E-state index in [-0.39, 0.29) is 0 Å². The van der Waals surface area contributed by atoms with Crippen molar-refractivity contribution in [3.63, 3.8) is 0 Å². The van der Waals surface area contributed by atoms with E-state index < -0.39 is 11.6 Å². The summed E-state index contributed by atoms with van der Waals surface area (Å²) in [5, 5.41) is 0. The van der Waals surface area contributed by atoms with Crippen LogP contribution in [0.25, 0.3) is 0 Å². The zero-order valence-electron chi connectivity index (χ0n) is 18.5. The van der Waals surface area contributed by atoms with E-state index in [2.05, 4.69) is 13.8 Å². The zero-order chi connectivity index (χ0) is 19.7. The predicted molar refractivity (Wildman–Crippen MR) is 109 cm³/mol. The molecule has 0 fully saturated rings. The minimum absolute atomic E-state index is 0.662. The number of methoxy groups -OCH3 is 2. The lowest BCUT2D eigenvalue weighted by molar-refractivity contribution is -0.385. The molecule has 4 nitrogen and oxygen atoms in total.